The third kappa shape index (κ3) is 9.08. The highest BCUT2D eigenvalue weighted by molar-refractivity contribution is 5.62. The van der Waals surface area contributed by atoms with Gasteiger partial charge in [-0.15, -0.1) is 0 Å². The van der Waals surface area contributed by atoms with Gasteiger partial charge in [0.1, 0.15) is 0 Å². The molecule has 1 fully saturated rings. The molecule has 1 aliphatic rings. The maximum atomic E-state index is 9.00. The number of rotatable bonds is 2. The van der Waals surface area contributed by atoms with Crippen LogP contribution >= 0.6 is 0 Å². The van der Waals surface area contributed by atoms with Crippen molar-refractivity contribution in [2.45, 2.75) is 32.6 Å². The zero-order valence-corrected chi connectivity index (χ0v) is 8.07. The van der Waals surface area contributed by atoms with Gasteiger partial charge < -0.3 is 10.2 Å². The molecule has 76 valence electrons. The van der Waals surface area contributed by atoms with Gasteiger partial charge in [-0.2, -0.15) is 0 Å². The van der Waals surface area contributed by atoms with Crippen molar-refractivity contribution < 1.29 is 15.0 Å². The van der Waals surface area contributed by atoms with E-state index in [1.54, 1.807) is 0 Å². The summed E-state index contributed by atoms with van der Waals surface area (Å²) in [7, 11) is 0. The Morgan fingerprint density at radius 3 is 2.31 bits per heavy atom. The van der Waals surface area contributed by atoms with E-state index in [9.17, 15) is 0 Å². The summed E-state index contributed by atoms with van der Waals surface area (Å²) in [6.45, 7) is 1.29. The highest BCUT2D eigenvalue weighted by Gasteiger charge is 2.10. The summed E-state index contributed by atoms with van der Waals surface area (Å²) < 4.78 is 0. The molecule has 0 unspecified atom stereocenters. The van der Waals surface area contributed by atoms with Crippen molar-refractivity contribution in [1.82, 2.24) is 0 Å². The van der Waals surface area contributed by atoms with Gasteiger partial charge in [0, 0.05) is 6.92 Å². The van der Waals surface area contributed by atoms with E-state index < -0.39 is 5.97 Å². The van der Waals surface area contributed by atoms with E-state index in [1.807, 2.05) is 6.08 Å². The molecule has 0 heterocycles. The fourth-order valence-electron chi connectivity index (χ4n) is 1.40. The molecule has 0 amide bonds. The van der Waals surface area contributed by atoms with Gasteiger partial charge in [-0.3, -0.25) is 4.79 Å². The van der Waals surface area contributed by atoms with Crippen LogP contribution in [-0.2, 0) is 4.79 Å². The van der Waals surface area contributed by atoms with E-state index in [-0.39, 0.29) is 6.61 Å². The summed E-state index contributed by atoms with van der Waals surface area (Å²) in [4.78, 5) is 9.00. The van der Waals surface area contributed by atoms with Crippen LogP contribution in [0.1, 0.15) is 32.6 Å². The van der Waals surface area contributed by atoms with Crippen LogP contribution in [-0.4, -0.2) is 22.8 Å². The Morgan fingerprint density at radius 2 is 1.92 bits per heavy atom. The van der Waals surface area contributed by atoms with Gasteiger partial charge in [-0.25, -0.2) is 0 Å². The molecule has 0 bridgehead atoms. The number of aliphatic hydroxyl groups is 1. The van der Waals surface area contributed by atoms with Gasteiger partial charge in [-0.05, 0) is 18.8 Å². The Hall–Kier alpha value is -0.830. The lowest BCUT2D eigenvalue weighted by Gasteiger charge is -1.97. The molecule has 1 aliphatic carbocycles. The molecule has 0 aromatic rings. The predicted octanol–water partition coefficient (Wildman–Crippen LogP) is 1.82. The van der Waals surface area contributed by atoms with Gasteiger partial charge >= 0.3 is 0 Å². The lowest BCUT2D eigenvalue weighted by atomic mass is 10.1. The molecule has 0 aliphatic heterocycles. The molecular weight excluding hydrogens is 168 g/mol. The third-order valence-electron chi connectivity index (χ3n) is 1.91. The monoisotopic (exact) mass is 186 g/mol. The van der Waals surface area contributed by atoms with Crippen molar-refractivity contribution in [1.29, 1.82) is 0 Å². The molecule has 13 heavy (non-hydrogen) atoms. The quantitative estimate of drug-likeness (QED) is 0.647. The number of carboxylic acid groups (broad SMARTS) is 1. The Balaban J connectivity index is 0.000000310. The Labute approximate surface area is 79.1 Å². The molecule has 2 N–H and O–H groups in total. The maximum Gasteiger partial charge on any atom is 0.300 e. The normalized spacial score (nSPS) is 17.1. The van der Waals surface area contributed by atoms with Gasteiger partial charge in [-0.1, -0.05) is 25.0 Å². The van der Waals surface area contributed by atoms with E-state index in [1.165, 1.54) is 25.7 Å². The second-order valence-electron chi connectivity index (χ2n) is 3.17. The number of hydrogen-bond acceptors (Lipinski definition) is 2. The first-order valence-corrected chi connectivity index (χ1v) is 4.64. The largest absolute Gasteiger partial charge is 0.481 e. The fourth-order valence-corrected chi connectivity index (χ4v) is 1.40. The molecular formula is C10H18O3. The minimum absolute atomic E-state index is 0.205. The van der Waals surface area contributed by atoms with Crippen LogP contribution < -0.4 is 0 Å². The molecule has 3 nitrogen and oxygen atoms in total. The summed E-state index contributed by atoms with van der Waals surface area (Å²) in [5, 5.41) is 15.9. The summed E-state index contributed by atoms with van der Waals surface area (Å²) >= 11 is 0. The lowest BCUT2D eigenvalue weighted by Crippen LogP contribution is -1.86. The maximum absolute atomic E-state index is 9.00. The van der Waals surface area contributed by atoms with E-state index in [2.05, 4.69) is 6.08 Å². The number of aliphatic carboxylic acids is 1. The summed E-state index contributed by atoms with van der Waals surface area (Å²) in [6.07, 6.45) is 9.41. The molecule has 0 spiro atoms. The minimum atomic E-state index is -0.833. The number of aliphatic hydroxyl groups excluding tert-OH is 1. The molecule has 3 heteroatoms. The number of hydrogen-bond donors (Lipinski definition) is 2. The second-order valence-corrected chi connectivity index (χ2v) is 3.17. The minimum Gasteiger partial charge on any atom is -0.481 e. The lowest BCUT2D eigenvalue weighted by molar-refractivity contribution is -0.134. The third-order valence-corrected chi connectivity index (χ3v) is 1.91. The molecule has 0 atom stereocenters. The van der Waals surface area contributed by atoms with Gasteiger partial charge in [0.2, 0.25) is 0 Å². The van der Waals surface area contributed by atoms with E-state index in [0.717, 1.165) is 12.8 Å². The zero-order chi connectivity index (χ0) is 10.1. The fraction of sp³-hybridized carbons (Fsp3) is 0.700. The molecule has 1 saturated carbocycles. The first-order valence-electron chi connectivity index (χ1n) is 4.64. The van der Waals surface area contributed by atoms with Crippen molar-refractivity contribution in [2.24, 2.45) is 5.92 Å². The van der Waals surface area contributed by atoms with Crippen molar-refractivity contribution in [3.63, 3.8) is 0 Å². The van der Waals surface area contributed by atoms with Gasteiger partial charge in [0.05, 0.1) is 6.61 Å². The number of allylic oxidation sites excluding steroid dienone is 1. The van der Waals surface area contributed by atoms with Crippen LogP contribution in [0.5, 0.6) is 0 Å². The zero-order valence-electron chi connectivity index (χ0n) is 8.07. The molecule has 0 radical (unpaired) electrons. The van der Waals surface area contributed by atoms with Crippen LogP contribution in [0.4, 0.5) is 0 Å². The molecule has 0 aromatic heterocycles. The van der Waals surface area contributed by atoms with Crippen LogP contribution in [0.25, 0.3) is 0 Å². The summed E-state index contributed by atoms with van der Waals surface area (Å²) in [5.74, 6) is -0.0582. The highest BCUT2D eigenvalue weighted by atomic mass is 16.4. The predicted molar refractivity (Wildman–Crippen MR) is 51.5 cm³/mol. The van der Waals surface area contributed by atoms with Crippen LogP contribution in [0.2, 0.25) is 0 Å². The molecule has 0 saturated heterocycles. The number of carboxylic acids is 1. The smallest absolute Gasteiger partial charge is 0.300 e. The SMILES string of the molecule is CC(=O)O.OCC=CC1CCCC1. The van der Waals surface area contributed by atoms with Crippen molar-refractivity contribution in [3.8, 4) is 0 Å². The first kappa shape index (κ1) is 12.2. The Bertz CT molecular complexity index is 154. The highest BCUT2D eigenvalue weighted by Crippen LogP contribution is 2.25. The van der Waals surface area contributed by atoms with E-state index >= 15 is 0 Å². The van der Waals surface area contributed by atoms with Gasteiger partial charge in [0.15, 0.2) is 0 Å². The van der Waals surface area contributed by atoms with Crippen molar-refractivity contribution >= 4 is 5.97 Å². The standard InChI is InChI=1S/C8H14O.C2H4O2/c9-7-3-6-8-4-1-2-5-8;1-2(3)4/h3,6,8-9H,1-2,4-5,7H2;1H3,(H,3,4). The Kier molecular flexibility index (Phi) is 7.30. The van der Waals surface area contributed by atoms with Crippen LogP contribution in [0, 0.1) is 5.92 Å². The van der Waals surface area contributed by atoms with E-state index in [0.29, 0.717) is 0 Å². The van der Waals surface area contributed by atoms with Crippen LogP contribution in [0.3, 0.4) is 0 Å². The van der Waals surface area contributed by atoms with Crippen molar-refractivity contribution in [2.75, 3.05) is 6.61 Å². The van der Waals surface area contributed by atoms with E-state index in [4.69, 9.17) is 15.0 Å². The average Bonchev–Trinajstić information content (AvgIpc) is 2.51. The molecule has 1 rings (SSSR count). The topological polar surface area (TPSA) is 57.5 Å². The first-order chi connectivity index (χ1) is 6.16. The summed E-state index contributed by atoms with van der Waals surface area (Å²) in [6, 6.07) is 0. The average molecular weight is 186 g/mol. The summed E-state index contributed by atoms with van der Waals surface area (Å²) in [5.41, 5.74) is 0. The number of carbonyl (C=O) groups is 1. The van der Waals surface area contributed by atoms with Gasteiger partial charge in [0.25, 0.3) is 5.97 Å². The van der Waals surface area contributed by atoms with Crippen LogP contribution in [0.15, 0.2) is 12.2 Å². The second kappa shape index (κ2) is 7.80. The molecule has 0 aromatic carbocycles. The van der Waals surface area contributed by atoms with Crippen molar-refractivity contribution in [3.05, 3.63) is 12.2 Å². The Morgan fingerprint density at radius 1 is 1.46 bits per heavy atom.